The van der Waals surface area contributed by atoms with Gasteiger partial charge in [0.15, 0.2) is 0 Å². The van der Waals surface area contributed by atoms with Crippen LogP contribution in [0.1, 0.15) is 49.2 Å². The van der Waals surface area contributed by atoms with Gasteiger partial charge in [-0.25, -0.2) is 4.98 Å². The van der Waals surface area contributed by atoms with Crippen LogP contribution in [0.15, 0.2) is 36.5 Å². The minimum Gasteiger partial charge on any atom is -0.488 e. The quantitative estimate of drug-likeness (QED) is 0.836. The number of amides is 1. The first-order valence-corrected chi connectivity index (χ1v) is 8.55. The van der Waals surface area contributed by atoms with Crippen LogP contribution in [0.5, 0.6) is 5.75 Å². The Balaban J connectivity index is 2.07. The van der Waals surface area contributed by atoms with Crippen molar-refractivity contribution in [2.45, 2.75) is 46.8 Å². The molecule has 5 nitrogen and oxygen atoms in total. The molecule has 1 aromatic carbocycles. The van der Waals surface area contributed by atoms with Crippen molar-refractivity contribution in [1.29, 1.82) is 0 Å². The number of benzene rings is 1. The standard InChI is InChI=1S/C20H27N3O2/c1-6-21-19(24)16-9-10-18(23-13-16)22-12-15-8-7-14(2)11-17(15)25-20(3,4)5/h7-11,13H,6,12H2,1-5H3,(H,21,24)(H,22,23). The molecule has 0 aliphatic rings. The van der Waals surface area contributed by atoms with Gasteiger partial charge in [0, 0.05) is 24.8 Å². The summed E-state index contributed by atoms with van der Waals surface area (Å²) in [5.41, 5.74) is 2.52. The molecule has 0 bridgehead atoms. The molecule has 0 radical (unpaired) electrons. The largest absolute Gasteiger partial charge is 0.488 e. The van der Waals surface area contributed by atoms with Gasteiger partial charge in [0.05, 0.1) is 5.56 Å². The zero-order valence-electron chi connectivity index (χ0n) is 15.6. The number of carbonyl (C=O) groups is 1. The van der Waals surface area contributed by atoms with Crippen molar-refractivity contribution >= 4 is 11.7 Å². The molecule has 2 N–H and O–H groups in total. The van der Waals surface area contributed by atoms with Crippen LogP contribution >= 0.6 is 0 Å². The van der Waals surface area contributed by atoms with Crippen LogP contribution in [0.2, 0.25) is 0 Å². The fraction of sp³-hybridized carbons (Fsp3) is 0.400. The van der Waals surface area contributed by atoms with Gasteiger partial charge < -0.3 is 15.4 Å². The third-order valence-corrected chi connectivity index (χ3v) is 3.46. The zero-order chi connectivity index (χ0) is 18.4. The van der Waals surface area contributed by atoms with Gasteiger partial charge in [0.2, 0.25) is 0 Å². The SMILES string of the molecule is CCNC(=O)c1ccc(NCc2ccc(C)cc2OC(C)(C)C)nc1. The fourth-order valence-corrected chi connectivity index (χ4v) is 2.31. The average molecular weight is 341 g/mol. The van der Waals surface area contributed by atoms with Gasteiger partial charge in [-0.05, 0) is 58.4 Å². The Labute approximate surface area is 149 Å². The molecule has 0 saturated heterocycles. The minimum absolute atomic E-state index is 0.110. The van der Waals surface area contributed by atoms with E-state index in [-0.39, 0.29) is 11.5 Å². The number of carbonyl (C=O) groups excluding carboxylic acids is 1. The smallest absolute Gasteiger partial charge is 0.252 e. The second kappa shape index (κ2) is 8.01. The lowest BCUT2D eigenvalue weighted by molar-refractivity contribution is 0.0955. The summed E-state index contributed by atoms with van der Waals surface area (Å²) in [6.45, 7) is 11.2. The maximum Gasteiger partial charge on any atom is 0.252 e. The Morgan fingerprint density at radius 1 is 1.20 bits per heavy atom. The number of aromatic nitrogens is 1. The molecule has 134 valence electrons. The highest BCUT2D eigenvalue weighted by Crippen LogP contribution is 2.25. The summed E-state index contributed by atoms with van der Waals surface area (Å²) < 4.78 is 6.07. The van der Waals surface area contributed by atoms with E-state index in [0.717, 1.165) is 22.7 Å². The van der Waals surface area contributed by atoms with Gasteiger partial charge in [-0.1, -0.05) is 12.1 Å². The number of pyridine rings is 1. The molecule has 0 aliphatic heterocycles. The number of nitrogens with one attached hydrogen (secondary N) is 2. The normalized spacial score (nSPS) is 11.1. The molecule has 2 rings (SSSR count). The van der Waals surface area contributed by atoms with E-state index in [0.29, 0.717) is 18.7 Å². The summed E-state index contributed by atoms with van der Waals surface area (Å²) in [6.07, 6.45) is 1.58. The van der Waals surface area contributed by atoms with Gasteiger partial charge in [0.25, 0.3) is 5.91 Å². The lowest BCUT2D eigenvalue weighted by atomic mass is 10.1. The number of rotatable bonds is 6. The van der Waals surface area contributed by atoms with Gasteiger partial charge >= 0.3 is 0 Å². The topological polar surface area (TPSA) is 63.2 Å². The van der Waals surface area contributed by atoms with Crippen molar-refractivity contribution in [3.8, 4) is 5.75 Å². The van der Waals surface area contributed by atoms with Crippen LogP contribution in [0.25, 0.3) is 0 Å². The molecule has 5 heteroatoms. The van der Waals surface area contributed by atoms with Crippen LogP contribution in [-0.4, -0.2) is 23.0 Å². The molecule has 0 fully saturated rings. The van der Waals surface area contributed by atoms with Crippen molar-refractivity contribution in [3.63, 3.8) is 0 Å². The minimum atomic E-state index is -0.255. The number of nitrogens with zero attached hydrogens (tertiary/aromatic N) is 1. The lowest BCUT2D eigenvalue weighted by Gasteiger charge is -2.24. The van der Waals surface area contributed by atoms with Gasteiger partial charge in [-0.3, -0.25) is 4.79 Å². The van der Waals surface area contributed by atoms with Crippen LogP contribution in [0.4, 0.5) is 5.82 Å². The van der Waals surface area contributed by atoms with E-state index >= 15 is 0 Å². The van der Waals surface area contributed by atoms with E-state index in [9.17, 15) is 4.79 Å². The maximum absolute atomic E-state index is 11.8. The predicted octanol–water partition coefficient (Wildman–Crippen LogP) is 3.93. The highest BCUT2D eigenvalue weighted by Gasteiger charge is 2.15. The first-order chi connectivity index (χ1) is 11.8. The van der Waals surface area contributed by atoms with Gasteiger partial charge in [0.1, 0.15) is 17.2 Å². The van der Waals surface area contributed by atoms with Crippen molar-refractivity contribution in [1.82, 2.24) is 10.3 Å². The molecule has 0 unspecified atom stereocenters. The Hall–Kier alpha value is -2.56. The third kappa shape index (κ3) is 5.78. The molecular formula is C20H27N3O2. The lowest BCUT2D eigenvalue weighted by Crippen LogP contribution is -2.24. The van der Waals surface area contributed by atoms with Crippen molar-refractivity contribution < 1.29 is 9.53 Å². The summed E-state index contributed by atoms with van der Waals surface area (Å²) in [4.78, 5) is 16.1. The number of hydrogen-bond donors (Lipinski definition) is 2. The molecule has 0 atom stereocenters. The summed E-state index contributed by atoms with van der Waals surface area (Å²) >= 11 is 0. The monoisotopic (exact) mass is 341 g/mol. The number of anilines is 1. The highest BCUT2D eigenvalue weighted by molar-refractivity contribution is 5.93. The Morgan fingerprint density at radius 3 is 2.56 bits per heavy atom. The first kappa shape index (κ1) is 18.8. The molecule has 2 aromatic rings. The third-order valence-electron chi connectivity index (χ3n) is 3.46. The van der Waals surface area contributed by atoms with Gasteiger partial charge in [-0.2, -0.15) is 0 Å². The molecule has 0 saturated carbocycles. The van der Waals surface area contributed by atoms with E-state index in [2.05, 4.69) is 27.8 Å². The van der Waals surface area contributed by atoms with Crippen LogP contribution in [0, 0.1) is 6.92 Å². The van der Waals surface area contributed by atoms with Gasteiger partial charge in [-0.15, -0.1) is 0 Å². The molecule has 0 aliphatic carbocycles. The average Bonchev–Trinajstić information content (AvgIpc) is 2.53. The summed E-state index contributed by atoms with van der Waals surface area (Å²) in [6, 6.07) is 9.75. The summed E-state index contributed by atoms with van der Waals surface area (Å²) in [5.74, 6) is 1.48. The Morgan fingerprint density at radius 2 is 1.96 bits per heavy atom. The molecule has 25 heavy (non-hydrogen) atoms. The van der Waals surface area contributed by atoms with Crippen LogP contribution in [-0.2, 0) is 6.54 Å². The Kier molecular flexibility index (Phi) is 6.02. The Bertz CT molecular complexity index is 719. The van der Waals surface area contributed by atoms with E-state index in [1.165, 1.54) is 0 Å². The zero-order valence-corrected chi connectivity index (χ0v) is 15.6. The van der Waals surface area contributed by atoms with Crippen molar-refractivity contribution in [3.05, 3.63) is 53.2 Å². The van der Waals surface area contributed by atoms with Crippen molar-refractivity contribution in [2.75, 3.05) is 11.9 Å². The second-order valence-corrected chi connectivity index (χ2v) is 6.97. The molecule has 1 aromatic heterocycles. The number of ether oxygens (including phenoxy) is 1. The molecule has 1 heterocycles. The fourth-order valence-electron chi connectivity index (χ4n) is 2.31. The number of aryl methyl sites for hydroxylation is 1. The number of hydrogen-bond acceptors (Lipinski definition) is 4. The summed E-state index contributed by atoms with van der Waals surface area (Å²) in [7, 11) is 0. The molecular weight excluding hydrogens is 314 g/mol. The molecule has 0 spiro atoms. The summed E-state index contributed by atoms with van der Waals surface area (Å²) in [5, 5.41) is 6.04. The van der Waals surface area contributed by atoms with Crippen molar-refractivity contribution in [2.24, 2.45) is 0 Å². The van der Waals surface area contributed by atoms with Crippen LogP contribution < -0.4 is 15.4 Å². The van der Waals surface area contributed by atoms with E-state index in [1.54, 1.807) is 12.3 Å². The van der Waals surface area contributed by atoms with E-state index in [4.69, 9.17) is 4.74 Å². The van der Waals surface area contributed by atoms with E-state index in [1.807, 2.05) is 46.8 Å². The molecule has 1 amide bonds. The van der Waals surface area contributed by atoms with E-state index < -0.39 is 0 Å². The first-order valence-electron chi connectivity index (χ1n) is 8.55. The predicted molar refractivity (Wildman–Crippen MR) is 101 cm³/mol. The highest BCUT2D eigenvalue weighted by atomic mass is 16.5. The maximum atomic E-state index is 11.8. The van der Waals surface area contributed by atoms with Crippen LogP contribution in [0.3, 0.4) is 0 Å². The second-order valence-electron chi connectivity index (χ2n) is 6.97.